The molecule has 1 saturated heterocycles. The molecular formula is C15H30O7. The van der Waals surface area contributed by atoms with Crippen molar-refractivity contribution in [2.24, 2.45) is 0 Å². The van der Waals surface area contributed by atoms with Gasteiger partial charge in [-0.25, -0.2) is 0 Å². The minimum Gasteiger partial charge on any atom is -0.394 e. The van der Waals surface area contributed by atoms with Crippen molar-refractivity contribution in [3.8, 4) is 0 Å². The predicted octanol–water partition coefficient (Wildman–Crippen LogP) is 0.234. The van der Waals surface area contributed by atoms with E-state index in [0.717, 1.165) is 6.61 Å². The smallest absolute Gasteiger partial charge is 0.109 e. The van der Waals surface area contributed by atoms with Gasteiger partial charge in [0.25, 0.3) is 0 Å². The SMILES string of the molecule is COC(C)COCC(OCC1CO1)C(CO)OCC(C)OC. The third-order valence-electron chi connectivity index (χ3n) is 3.48. The van der Waals surface area contributed by atoms with E-state index in [2.05, 4.69) is 0 Å². The Hall–Kier alpha value is -0.280. The summed E-state index contributed by atoms with van der Waals surface area (Å²) in [6.07, 6.45) is -0.709. The number of rotatable bonds is 14. The van der Waals surface area contributed by atoms with E-state index in [9.17, 15) is 5.11 Å². The van der Waals surface area contributed by atoms with Crippen LogP contribution < -0.4 is 0 Å². The molecule has 1 aliphatic heterocycles. The van der Waals surface area contributed by atoms with Gasteiger partial charge in [0.15, 0.2) is 0 Å². The summed E-state index contributed by atoms with van der Waals surface area (Å²) >= 11 is 0. The average Bonchev–Trinajstić information content (AvgIpc) is 3.35. The molecule has 0 saturated carbocycles. The van der Waals surface area contributed by atoms with Gasteiger partial charge in [-0.05, 0) is 13.8 Å². The topological polar surface area (TPSA) is 78.9 Å². The number of ether oxygens (including phenoxy) is 6. The van der Waals surface area contributed by atoms with Gasteiger partial charge in [-0.1, -0.05) is 0 Å². The van der Waals surface area contributed by atoms with E-state index in [1.807, 2.05) is 13.8 Å². The maximum absolute atomic E-state index is 9.56. The molecule has 7 heteroatoms. The number of methoxy groups -OCH3 is 2. The summed E-state index contributed by atoms with van der Waals surface area (Å²) < 4.78 is 32.5. The molecule has 0 amide bonds. The van der Waals surface area contributed by atoms with Gasteiger partial charge in [0, 0.05) is 14.2 Å². The molecule has 22 heavy (non-hydrogen) atoms. The third kappa shape index (κ3) is 8.38. The summed E-state index contributed by atoms with van der Waals surface area (Å²) in [4.78, 5) is 0. The van der Waals surface area contributed by atoms with E-state index in [0.29, 0.717) is 26.4 Å². The maximum Gasteiger partial charge on any atom is 0.109 e. The Balaban J connectivity index is 2.40. The monoisotopic (exact) mass is 322 g/mol. The van der Waals surface area contributed by atoms with Gasteiger partial charge in [0.2, 0.25) is 0 Å². The van der Waals surface area contributed by atoms with Crippen LogP contribution >= 0.6 is 0 Å². The second-order valence-electron chi connectivity index (χ2n) is 5.51. The lowest BCUT2D eigenvalue weighted by atomic mass is 10.2. The molecule has 1 aliphatic rings. The number of hydrogen-bond acceptors (Lipinski definition) is 7. The fourth-order valence-corrected chi connectivity index (χ4v) is 1.68. The number of epoxide rings is 1. The van der Waals surface area contributed by atoms with Crippen molar-refractivity contribution in [1.82, 2.24) is 0 Å². The van der Waals surface area contributed by atoms with Crippen LogP contribution in [0.2, 0.25) is 0 Å². The molecule has 1 heterocycles. The lowest BCUT2D eigenvalue weighted by Crippen LogP contribution is -2.41. The van der Waals surface area contributed by atoms with Crippen molar-refractivity contribution in [2.75, 3.05) is 53.9 Å². The Morgan fingerprint density at radius 2 is 1.64 bits per heavy atom. The van der Waals surface area contributed by atoms with Gasteiger partial charge in [-0.15, -0.1) is 0 Å². The van der Waals surface area contributed by atoms with Crippen molar-refractivity contribution < 1.29 is 33.5 Å². The second-order valence-corrected chi connectivity index (χ2v) is 5.51. The van der Waals surface area contributed by atoms with Gasteiger partial charge < -0.3 is 33.5 Å². The molecule has 5 unspecified atom stereocenters. The Morgan fingerprint density at radius 3 is 2.18 bits per heavy atom. The molecule has 0 aromatic rings. The van der Waals surface area contributed by atoms with Crippen molar-refractivity contribution >= 4 is 0 Å². The van der Waals surface area contributed by atoms with Gasteiger partial charge in [-0.3, -0.25) is 0 Å². The molecule has 132 valence electrons. The zero-order valence-electron chi connectivity index (χ0n) is 14.0. The van der Waals surface area contributed by atoms with Crippen molar-refractivity contribution in [2.45, 2.75) is 44.4 Å². The first kappa shape index (κ1) is 19.8. The number of hydrogen-bond donors (Lipinski definition) is 1. The van der Waals surface area contributed by atoms with Crippen LogP contribution in [0.4, 0.5) is 0 Å². The molecule has 0 aliphatic carbocycles. The lowest BCUT2D eigenvalue weighted by molar-refractivity contribution is -0.137. The highest BCUT2D eigenvalue weighted by molar-refractivity contribution is 4.74. The molecule has 0 aromatic carbocycles. The highest BCUT2D eigenvalue weighted by atomic mass is 16.6. The molecule has 5 atom stereocenters. The highest BCUT2D eigenvalue weighted by Gasteiger charge is 2.29. The van der Waals surface area contributed by atoms with Crippen LogP contribution in [0, 0.1) is 0 Å². The van der Waals surface area contributed by atoms with Gasteiger partial charge in [-0.2, -0.15) is 0 Å². The van der Waals surface area contributed by atoms with Gasteiger partial charge >= 0.3 is 0 Å². The lowest BCUT2D eigenvalue weighted by Gasteiger charge is -2.27. The zero-order chi connectivity index (χ0) is 16.4. The Labute approximate surface area is 132 Å². The van der Waals surface area contributed by atoms with Crippen LogP contribution in [0.15, 0.2) is 0 Å². The van der Waals surface area contributed by atoms with Crippen LogP contribution in [0.1, 0.15) is 13.8 Å². The molecule has 7 nitrogen and oxygen atoms in total. The van der Waals surface area contributed by atoms with Crippen LogP contribution in [0.5, 0.6) is 0 Å². The average molecular weight is 322 g/mol. The standard InChI is InChI=1S/C15H30O7/c1-11(17-3)6-19-10-15(22-9-13-8-20-13)14(5-16)21-7-12(2)18-4/h11-16H,5-10H2,1-4H3. The minimum atomic E-state index is -0.464. The largest absolute Gasteiger partial charge is 0.394 e. The first-order valence-corrected chi connectivity index (χ1v) is 7.69. The quantitative estimate of drug-likeness (QED) is 0.459. The molecular weight excluding hydrogens is 292 g/mol. The fraction of sp³-hybridized carbons (Fsp3) is 1.00. The van der Waals surface area contributed by atoms with Crippen LogP contribution in [0.25, 0.3) is 0 Å². The third-order valence-corrected chi connectivity index (χ3v) is 3.48. The Morgan fingerprint density at radius 1 is 1.00 bits per heavy atom. The molecule has 0 bridgehead atoms. The molecule has 0 aromatic heterocycles. The summed E-state index contributed by atoms with van der Waals surface area (Å²) in [6, 6.07) is 0. The van der Waals surface area contributed by atoms with Crippen LogP contribution in [-0.4, -0.2) is 89.5 Å². The second kappa shape index (κ2) is 11.3. The molecule has 0 radical (unpaired) electrons. The normalized spacial score (nSPS) is 23.0. The number of aliphatic hydroxyl groups is 1. The first-order valence-electron chi connectivity index (χ1n) is 7.69. The van der Waals surface area contributed by atoms with E-state index in [1.54, 1.807) is 14.2 Å². The summed E-state index contributed by atoms with van der Waals surface area (Å²) in [5.41, 5.74) is 0. The van der Waals surface area contributed by atoms with E-state index in [4.69, 9.17) is 28.4 Å². The fourth-order valence-electron chi connectivity index (χ4n) is 1.68. The minimum absolute atomic E-state index is 0.00873. The summed E-state index contributed by atoms with van der Waals surface area (Å²) in [5.74, 6) is 0. The summed E-state index contributed by atoms with van der Waals surface area (Å²) in [5, 5.41) is 9.56. The highest BCUT2D eigenvalue weighted by Crippen LogP contribution is 2.13. The van der Waals surface area contributed by atoms with Crippen LogP contribution in [-0.2, 0) is 28.4 Å². The van der Waals surface area contributed by atoms with E-state index in [-0.39, 0.29) is 31.0 Å². The van der Waals surface area contributed by atoms with Gasteiger partial charge in [0.05, 0.1) is 51.8 Å². The predicted molar refractivity (Wildman–Crippen MR) is 80.1 cm³/mol. The molecule has 0 spiro atoms. The van der Waals surface area contributed by atoms with E-state index in [1.165, 1.54) is 0 Å². The zero-order valence-corrected chi connectivity index (χ0v) is 14.0. The van der Waals surface area contributed by atoms with E-state index < -0.39 is 6.10 Å². The Kier molecular flexibility index (Phi) is 10.1. The molecule has 1 rings (SSSR count). The number of aliphatic hydroxyl groups excluding tert-OH is 1. The van der Waals surface area contributed by atoms with Crippen molar-refractivity contribution in [3.05, 3.63) is 0 Å². The first-order chi connectivity index (χ1) is 10.6. The van der Waals surface area contributed by atoms with Crippen molar-refractivity contribution in [3.63, 3.8) is 0 Å². The van der Waals surface area contributed by atoms with Crippen molar-refractivity contribution in [1.29, 1.82) is 0 Å². The van der Waals surface area contributed by atoms with Crippen LogP contribution in [0.3, 0.4) is 0 Å². The van der Waals surface area contributed by atoms with E-state index >= 15 is 0 Å². The summed E-state index contributed by atoms with van der Waals surface area (Å²) in [7, 11) is 3.26. The molecule has 1 fully saturated rings. The maximum atomic E-state index is 9.56. The molecule has 1 N–H and O–H groups in total. The Bertz CT molecular complexity index is 273. The van der Waals surface area contributed by atoms with Gasteiger partial charge in [0.1, 0.15) is 18.3 Å². The summed E-state index contributed by atoms with van der Waals surface area (Å²) in [6.45, 7) is 6.06.